The van der Waals surface area contributed by atoms with Gasteiger partial charge in [0.15, 0.2) is 5.76 Å². The van der Waals surface area contributed by atoms with Crippen LogP contribution in [0.25, 0.3) is 0 Å². The quantitative estimate of drug-likeness (QED) is 0.607. The van der Waals surface area contributed by atoms with Crippen molar-refractivity contribution in [2.75, 3.05) is 39.8 Å². The molecule has 13 heteroatoms. The normalized spacial score (nSPS) is 16.7. The molecule has 0 unspecified atom stereocenters. The third-order valence-corrected chi connectivity index (χ3v) is 10.2. The zero-order valence-corrected chi connectivity index (χ0v) is 19.4. The molecule has 10 nitrogen and oxygen atoms in total. The minimum atomic E-state index is -3.79. The zero-order valence-electron chi connectivity index (χ0n) is 16.9. The van der Waals surface area contributed by atoms with Crippen molar-refractivity contribution in [3.63, 3.8) is 0 Å². The minimum Gasteiger partial charge on any atom is -0.360 e. The van der Waals surface area contributed by atoms with Gasteiger partial charge in [0.05, 0.1) is 6.54 Å². The van der Waals surface area contributed by atoms with Gasteiger partial charge in [0, 0.05) is 33.2 Å². The van der Waals surface area contributed by atoms with E-state index in [1.807, 2.05) is 0 Å². The van der Waals surface area contributed by atoms with Crippen molar-refractivity contribution >= 4 is 37.3 Å². The van der Waals surface area contributed by atoms with Gasteiger partial charge in [-0.2, -0.15) is 8.61 Å². The topological polar surface area (TPSA) is 121 Å². The van der Waals surface area contributed by atoms with Gasteiger partial charge < -0.3 is 9.42 Å². The van der Waals surface area contributed by atoms with Crippen LogP contribution in [0.5, 0.6) is 0 Å². The van der Waals surface area contributed by atoms with E-state index in [0.717, 1.165) is 15.6 Å². The Bertz CT molecular complexity index is 1090. The molecule has 1 fully saturated rings. The van der Waals surface area contributed by atoms with Gasteiger partial charge in [-0.25, -0.2) is 16.8 Å². The predicted molar refractivity (Wildman–Crippen MR) is 110 cm³/mol. The molecule has 0 bridgehead atoms. The standard InChI is InChI=1S/C17H24N4O6S3/c1-13-17(14(2)27-18-13)30(25,26)21-8-5-7-20(9-10-21)15(22)12-19(3)29(23,24)16-6-4-11-28-16/h4,6,11H,5,7-10,12H2,1-3H3. The first kappa shape index (κ1) is 22.9. The van der Waals surface area contributed by atoms with Crippen molar-refractivity contribution in [2.24, 2.45) is 0 Å². The van der Waals surface area contributed by atoms with Gasteiger partial charge in [0.2, 0.25) is 15.9 Å². The van der Waals surface area contributed by atoms with Gasteiger partial charge in [0.25, 0.3) is 10.0 Å². The van der Waals surface area contributed by atoms with Gasteiger partial charge >= 0.3 is 0 Å². The zero-order chi connectivity index (χ0) is 22.1. The summed E-state index contributed by atoms with van der Waals surface area (Å²) in [7, 11) is -6.17. The lowest BCUT2D eigenvalue weighted by Gasteiger charge is -2.24. The van der Waals surface area contributed by atoms with E-state index >= 15 is 0 Å². The number of thiophene rings is 1. The van der Waals surface area contributed by atoms with Crippen molar-refractivity contribution in [1.82, 2.24) is 18.7 Å². The fourth-order valence-electron chi connectivity index (χ4n) is 3.29. The van der Waals surface area contributed by atoms with Crippen LogP contribution in [-0.4, -0.2) is 81.2 Å². The second kappa shape index (κ2) is 8.75. The third-order valence-electron chi connectivity index (χ3n) is 4.89. The molecule has 2 aromatic rings. The molecule has 1 saturated heterocycles. The molecule has 0 spiro atoms. The monoisotopic (exact) mass is 476 g/mol. The number of carbonyl (C=O) groups is 1. The van der Waals surface area contributed by atoms with Crippen molar-refractivity contribution in [3.8, 4) is 0 Å². The molecule has 3 rings (SSSR count). The highest BCUT2D eigenvalue weighted by atomic mass is 32.2. The van der Waals surface area contributed by atoms with Crippen LogP contribution in [0.2, 0.25) is 0 Å². The van der Waals surface area contributed by atoms with E-state index in [0.29, 0.717) is 18.7 Å². The van der Waals surface area contributed by atoms with Gasteiger partial charge in [-0.1, -0.05) is 11.2 Å². The average Bonchev–Trinajstić information content (AvgIpc) is 3.25. The molecule has 2 aromatic heterocycles. The smallest absolute Gasteiger partial charge is 0.252 e. The Labute approximate surface area is 180 Å². The average molecular weight is 477 g/mol. The fourth-order valence-corrected chi connectivity index (χ4v) is 7.38. The fraction of sp³-hybridized carbons (Fsp3) is 0.529. The summed E-state index contributed by atoms with van der Waals surface area (Å²) in [6.07, 6.45) is 0.440. The number of amides is 1. The number of rotatable bonds is 6. The van der Waals surface area contributed by atoms with Crippen molar-refractivity contribution in [3.05, 3.63) is 29.0 Å². The number of aryl methyl sites for hydroxylation is 2. The van der Waals surface area contributed by atoms with E-state index < -0.39 is 20.0 Å². The van der Waals surface area contributed by atoms with E-state index in [-0.39, 0.29) is 47.0 Å². The van der Waals surface area contributed by atoms with E-state index in [2.05, 4.69) is 5.16 Å². The first-order valence-corrected chi connectivity index (χ1v) is 13.0. The molecule has 0 N–H and O–H groups in total. The second-order valence-electron chi connectivity index (χ2n) is 6.98. The number of hydrogen-bond donors (Lipinski definition) is 0. The Morgan fingerprint density at radius 3 is 2.53 bits per heavy atom. The number of likely N-dealkylation sites (N-methyl/N-ethyl adjacent to an activating group) is 1. The molecule has 1 aliphatic heterocycles. The summed E-state index contributed by atoms with van der Waals surface area (Å²) in [5.74, 6) is -0.140. The van der Waals surface area contributed by atoms with Crippen LogP contribution in [0.15, 0.2) is 31.1 Å². The molecule has 1 aliphatic rings. The Hall–Kier alpha value is -1.80. The Morgan fingerprint density at radius 1 is 1.20 bits per heavy atom. The molecule has 0 radical (unpaired) electrons. The minimum absolute atomic E-state index is 0.0593. The molecule has 0 saturated carbocycles. The van der Waals surface area contributed by atoms with Gasteiger partial charge in [-0.15, -0.1) is 11.3 Å². The predicted octanol–water partition coefficient (Wildman–Crippen LogP) is 0.897. The number of nitrogens with zero attached hydrogens (tertiary/aromatic N) is 4. The molecule has 0 aromatic carbocycles. The maximum atomic E-state index is 13.0. The molecule has 3 heterocycles. The summed E-state index contributed by atoms with van der Waals surface area (Å²) in [4.78, 5) is 14.3. The second-order valence-corrected chi connectivity index (χ2v) is 12.1. The van der Waals surface area contributed by atoms with Crippen LogP contribution in [0.3, 0.4) is 0 Å². The molecule has 0 atom stereocenters. The Kier molecular flexibility index (Phi) is 6.67. The lowest BCUT2D eigenvalue weighted by atomic mass is 10.4. The summed E-state index contributed by atoms with van der Waals surface area (Å²) in [5.41, 5.74) is 0.296. The molecule has 0 aliphatic carbocycles. The highest BCUT2D eigenvalue weighted by molar-refractivity contribution is 7.91. The van der Waals surface area contributed by atoms with E-state index in [1.54, 1.807) is 25.3 Å². The highest BCUT2D eigenvalue weighted by Gasteiger charge is 2.33. The molecule has 1 amide bonds. The van der Waals surface area contributed by atoms with Gasteiger partial charge in [0.1, 0.15) is 14.8 Å². The lowest BCUT2D eigenvalue weighted by molar-refractivity contribution is -0.131. The molecular formula is C17H24N4O6S3. The number of carbonyl (C=O) groups excluding carboxylic acids is 1. The highest BCUT2D eigenvalue weighted by Crippen LogP contribution is 2.24. The molecule has 166 valence electrons. The van der Waals surface area contributed by atoms with Crippen molar-refractivity contribution in [1.29, 1.82) is 0 Å². The van der Waals surface area contributed by atoms with E-state index in [9.17, 15) is 21.6 Å². The van der Waals surface area contributed by atoms with Crippen LogP contribution in [0.1, 0.15) is 17.9 Å². The SMILES string of the molecule is Cc1noc(C)c1S(=O)(=O)N1CCCN(C(=O)CN(C)S(=O)(=O)c2cccs2)CC1. The van der Waals surface area contributed by atoms with Crippen LogP contribution in [-0.2, 0) is 24.8 Å². The summed E-state index contributed by atoms with van der Waals surface area (Å²) < 4.78 is 58.5. The number of sulfonamides is 2. The summed E-state index contributed by atoms with van der Waals surface area (Å²) >= 11 is 1.09. The van der Waals surface area contributed by atoms with Crippen molar-refractivity contribution < 1.29 is 26.2 Å². The maximum absolute atomic E-state index is 13.0. The lowest BCUT2D eigenvalue weighted by Crippen LogP contribution is -2.43. The van der Waals surface area contributed by atoms with Crippen LogP contribution >= 0.6 is 11.3 Å². The molecule has 30 heavy (non-hydrogen) atoms. The van der Waals surface area contributed by atoms with Crippen LogP contribution in [0.4, 0.5) is 0 Å². The largest absolute Gasteiger partial charge is 0.360 e. The van der Waals surface area contributed by atoms with Crippen LogP contribution in [0, 0.1) is 13.8 Å². The number of hydrogen-bond acceptors (Lipinski definition) is 8. The van der Waals surface area contributed by atoms with Crippen LogP contribution < -0.4 is 0 Å². The Morgan fingerprint density at radius 2 is 1.93 bits per heavy atom. The summed E-state index contributed by atoms with van der Waals surface area (Å²) in [5, 5.41) is 5.37. The van der Waals surface area contributed by atoms with E-state index in [4.69, 9.17) is 4.52 Å². The summed E-state index contributed by atoms with van der Waals surface area (Å²) in [6, 6.07) is 3.13. The van der Waals surface area contributed by atoms with Crippen molar-refractivity contribution in [2.45, 2.75) is 29.4 Å². The maximum Gasteiger partial charge on any atom is 0.252 e. The summed E-state index contributed by atoms with van der Waals surface area (Å²) in [6.45, 7) is 3.69. The molecular weight excluding hydrogens is 452 g/mol. The Balaban J connectivity index is 1.67. The first-order chi connectivity index (χ1) is 14.0. The van der Waals surface area contributed by atoms with E-state index in [1.165, 1.54) is 22.3 Å². The third kappa shape index (κ3) is 4.44. The number of aromatic nitrogens is 1. The first-order valence-electron chi connectivity index (χ1n) is 9.26. The van der Waals surface area contributed by atoms with Gasteiger partial charge in [-0.3, -0.25) is 4.79 Å². The van der Waals surface area contributed by atoms with Gasteiger partial charge in [-0.05, 0) is 31.7 Å².